The molecular formula is C21H30N2O3S. The van der Waals surface area contributed by atoms with Gasteiger partial charge in [0, 0.05) is 31.6 Å². The zero-order valence-corrected chi connectivity index (χ0v) is 17.3. The van der Waals surface area contributed by atoms with Crippen LogP contribution in [-0.4, -0.2) is 28.3 Å². The van der Waals surface area contributed by atoms with Crippen LogP contribution in [0.5, 0.6) is 0 Å². The highest BCUT2D eigenvalue weighted by molar-refractivity contribution is 7.88. The average molecular weight is 391 g/mol. The first-order chi connectivity index (χ1) is 12.6. The lowest BCUT2D eigenvalue weighted by Gasteiger charge is -2.48. The summed E-state index contributed by atoms with van der Waals surface area (Å²) in [5, 5.41) is 5.33. The first-order valence-corrected chi connectivity index (χ1v) is 11.7. The van der Waals surface area contributed by atoms with Crippen molar-refractivity contribution in [2.24, 2.45) is 22.4 Å². The van der Waals surface area contributed by atoms with Crippen LogP contribution in [-0.2, 0) is 27.0 Å². The summed E-state index contributed by atoms with van der Waals surface area (Å²) >= 11 is 0. The SMILES string of the molecule is CN(C)c1c(CS(N)(=O)=O)ccc2c1CCC1C2CCC2(C)C(=O)CCC12. The van der Waals surface area contributed by atoms with Crippen molar-refractivity contribution in [3.8, 4) is 0 Å². The zero-order chi connectivity index (χ0) is 19.6. The number of anilines is 1. The van der Waals surface area contributed by atoms with Crippen molar-refractivity contribution >= 4 is 21.5 Å². The fourth-order valence-corrected chi connectivity index (χ4v) is 7.03. The smallest absolute Gasteiger partial charge is 0.213 e. The summed E-state index contributed by atoms with van der Waals surface area (Å²) in [6.07, 6.45) is 5.85. The van der Waals surface area contributed by atoms with Crippen molar-refractivity contribution in [2.45, 2.75) is 57.1 Å². The van der Waals surface area contributed by atoms with Gasteiger partial charge in [-0.15, -0.1) is 0 Å². The maximum atomic E-state index is 12.5. The van der Waals surface area contributed by atoms with Crippen LogP contribution < -0.4 is 10.0 Å². The molecule has 0 aromatic heterocycles. The van der Waals surface area contributed by atoms with E-state index in [-0.39, 0.29) is 11.2 Å². The Hall–Kier alpha value is -1.40. The van der Waals surface area contributed by atoms with E-state index in [1.165, 1.54) is 11.1 Å². The van der Waals surface area contributed by atoms with Crippen LogP contribution in [0.15, 0.2) is 12.1 Å². The molecule has 4 rings (SSSR count). The van der Waals surface area contributed by atoms with Crippen molar-refractivity contribution in [3.05, 3.63) is 28.8 Å². The summed E-state index contributed by atoms with van der Waals surface area (Å²) in [7, 11) is 0.375. The molecule has 1 aromatic carbocycles. The zero-order valence-electron chi connectivity index (χ0n) is 16.5. The van der Waals surface area contributed by atoms with Gasteiger partial charge in [-0.3, -0.25) is 4.79 Å². The van der Waals surface area contributed by atoms with Gasteiger partial charge in [0.25, 0.3) is 0 Å². The lowest BCUT2D eigenvalue weighted by Crippen LogP contribution is -2.42. The lowest BCUT2D eigenvalue weighted by atomic mass is 9.55. The van der Waals surface area contributed by atoms with Crippen molar-refractivity contribution in [2.75, 3.05) is 19.0 Å². The van der Waals surface area contributed by atoms with Gasteiger partial charge in [-0.25, -0.2) is 13.6 Å². The fourth-order valence-electron chi connectivity index (χ4n) is 6.36. The number of ketones is 1. The molecule has 3 aliphatic rings. The molecule has 1 aromatic rings. The number of sulfonamides is 1. The van der Waals surface area contributed by atoms with Gasteiger partial charge in [-0.2, -0.15) is 0 Å². The van der Waals surface area contributed by atoms with E-state index in [1.807, 2.05) is 25.1 Å². The molecule has 2 N–H and O–H groups in total. The van der Waals surface area contributed by atoms with E-state index >= 15 is 0 Å². The number of Topliss-reactive ketones (excluding diaryl/α,β-unsaturated/α-hetero) is 1. The highest BCUT2D eigenvalue weighted by Gasteiger charge is 2.54. The van der Waals surface area contributed by atoms with E-state index < -0.39 is 10.0 Å². The summed E-state index contributed by atoms with van der Waals surface area (Å²) in [5.41, 5.74) is 4.36. The van der Waals surface area contributed by atoms with Gasteiger partial charge >= 0.3 is 0 Å². The number of nitrogens with zero attached hydrogens (tertiary/aromatic N) is 1. The number of nitrogens with two attached hydrogens (primary N) is 1. The van der Waals surface area contributed by atoms with Crippen LogP contribution in [0.25, 0.3) is 0 Å². The largest absolute Gasteiger partial charge is 0.377 e. The standard InChI is InChI=1S/C21H30N2O3S/c1-21-11-10-15-14-5-4-13(12-27(22,25)26)20(23(2)3)17(14)7-6-16(15)18(21)8-9-19(21)24/h4-5,15-16,18H,6-12H2,1-3H3,(H2,22,25,26). The van der Waals surface area contributed by atoms with Crippen LogP contribution >= 0.6 is 0 Å². The Kier molecular flexibility index (Phi) is 4.43. The van der Waals surface area contributed by atoms with Gasteiger partial charge in [0.05, 0.1) is 5.75 Å². The third-order valence-electron chi connectivity index (χ3n) is 7.48. The Morgan fingerprint density at radius 1 is 1.19 bits per heavy atom. The van der Waals surface area contributed by atoms with E-state index in [4.69, 9.17) is 5.14 Å². The third kappa shape index (κ3) is 3.01. The third-order valence-corrected chi connectivity index (χ3v) is 8.19. The Labute approximate surface area is 162 Å². The molecule has 0 saturated heterocycles. The number of carbonyl (C=O) groups excluding carboxylic acids is 1. The number of benzene rings is 1. The van der Waals surface area contributed by atoms with E-state index in [0.29, 0.717) is 23.5 Å². The number of rotatable bonds is 3. The Balaban J connectivity index is 1.75. The topological polar surface area (TPSA) is 80.5 Å². The molecule has 0 amide bonds. The molecule has 2 saturated carbocycles. The lowest BCUT2D eigenvalue weighted by molar-refractivity contribution is -0.129. The predicted molar refractivity (Wildman–Crippen MR) is 107 cm³/mol. The van der Waals surface area contributed by atoms with Crippen LogP contribution in [0.1, 0.15) is 61.6 Å². The van der Waals surface area contributed by atoms with Crippen molar-refractivity contribution < 1.29 is 13.2 Å². The molecule has 2 fully saturated rings. The molecule has 5 nitrogen and oxygen atoms in total. The molecule has 0 bridgehead atoms. The van der Waals surface area contributed by atoms with Gasteiger partial charge in [-0.05, 0) is 66.5 Å². The van der Waals surface area contributed by atoms with E-state index in [0.717, 1.165) is 49.8 Å². The summed E-state index contributed by atoms with van der Waals surface area (Å²) in [6, 6.07) is 4.09. The maximum absolute atomic E-state index is 12.5. The minimum absolute atomic E-state index is 0.114. The van der Waals surface area contributed by atoms with Gasteiger partial charge in [0.15, 0.2) is 0 Å². The molecule has 0 radical (unpaired) electrons. The van der Waals surface area contributed by atoms with E-state index in [2.05, 4.69) is 13.0 Å². The van der Waals surface area contributed by atoms with Crippen LogP contribution in [0.4, 0.5) is 5.69 Å². The van der Waals surface area contributed by atoms with Gasteiger partial charge in [-0.1, -0.05) is 19.1 Å². The van der Waals surface area contributed by atoms with E-state index in [1.54, 1.807) is 0 Å². The Morgan fingerprint density at radius 2 is 1.93 bits per heavy atom. The summed E-state index contributed by atoms with van der Waals surface area (Å²) in [5.74, 6) is 1.90. The fraction of sp³-hybridized carbons (Fsp3) is 0.667. The first-order valence-electron chi connectivity index (χ1n) is 9.97. The number of fused-ring (bicyclic) bond motifs is 5. The molecule has 3 aliphatic carbocycles. The molecule has 4 unspecified atom stereocenters. The van der Waals surface area contributed by atoms with Crippen LogP contribution in [0.3, 0.4) is 0 Å². The highest BCUT2D eigenvalue weighted by Crippen LogP contribution is 2.60. The molecule has 148 valence electrons. The minimum atomic E-state index is -3.57. The Bertz CT molecular complexity index is 893. The Morgan fingerprint density at radius 3 is 2.59 bits per heavy atom. The van der Waals surface area contributed by atoms with Crippen molar-refractivity contribution in [1.82, 2.24) is 0 Å². The van der Waals surface area contributed by atoms with Crippen LogP contribution in [0, 0.1) is 17.3 Å². The average Bonchev–Trinajstić information content (AvgIpc) is 2.88. The molecule has 6 heteroatoms. The molecule has 0 spiro atoms. The number of carbonyl (C=O) groups is 1. The molecule has 4 atom stereocenters. The number of hydrogen-bond acceptors (Lipinski definition) is 4. The monoisotopic (exact) mass is 390 g/mol. The first kappa shape index (κ1) is 18.9. The van der Waals surface area contributed by atoms with Crippen LogP contribution in [0.2, 0.25) is 0 Å². The maximum Gasteiger partial charge on any atom is 0.213 e. The van der Waals surface area contributed by atoms with Gasteiger partial charge in [0.1, 0.15) is 5.78 Å². The second kappa shape index (κ2) is 6.31. The summed E-state index contributed by atoms with van der Waals surface area (Å²) in [6.45, 7) is 2.19. The normalized spacial score (nSPS) is 32.6. The predicted octanol–water partition coefficient (Wildman–Crippen LogP) is 2.97. The second-order valence-corrected chi connectivity index (χ2v) is 10.8. The van der Waals surface area contributed by atoms with E-state index in [9.17, 15) is 13.2 Å². The minimum Gasteiger partial charge on any atom is -0.377 e. The number of hydrogen-bond donors (Lipinski definition) is 1. The van der Waals surface area contributed by atoms with Crippen molar-refractivity contribution in [1.29, 1.82) is 0 Å². The quantitative estimate of drug-likeness (QED) is 0.860. The molecule has 0 aliphatic heterocycles. The molecule has 27 heavy (non-hydrogen) atoms. The number of primary sulfonamides is 1. The summed E-state index contributed by atoms with van der Waals surface area (Å²) in [4.78, 5) is 14.5. The highest BCUT2D eigenvalue weighted by atomic mass is 32.2. The van der Waals surface area contributed by atoms with Gasteiger partial charge in [0.2, 0.25) is 10.0 Å². The molecular weight excluding hydrogens is 360 g/mol. The molecule has 0 heterocycles. The van der Waals surface area contributed by atoms with Crippen molar-refractivity contribution in [3.63, 3.8) is 0 Å². The second-order valence-electron chi connectivity index (χ2n) is 9.18. The van der Waals surface area contributed by atoms with Gasteiger partial charge < -0.3 is 4.90 Å². The summed E-state index contributed by atoms with van der Waals surface area (Å²) < 4.78 is 23.4.